The SMILES string of the molecule is O=[N+]([O-])c1ccc([C@H](O)[C@H](CO)Nc2nc(CN3CCOCC3)nc3sc4c(c23)CCC4)cc1. The van der Waals surface area contributed by atoms with E-state index in [2.05, 4.69) is 10.2 Å². The Kier molecular flexibility index (Phi) is 6.70. The van der Waals surface area contributed by atoms with E-state index in [0.717, 1.165) is 42.6 Å². The summed E-state index contributed by atoms with van der Waals surface area (Å²) >= 11 is 1.70. The number of benzene rings is 1. The standard InChI is InChI=1S/C23H27N5O5S/c29-13-17(21(30)14-4-6-15(7-5-14)28(31)32)24-22-20-16-2-1-3-18(16)34-23(20)26-19(25-22)12-27-8-10-33-11-9-27/h4-7,17,21,29-30H,1-3,8-13H2,(H,24,25,26)/t17-,21-/m0/s1. The first kappa shape index (κ1) is 23.1. The Morgan fingerprint density at radius 1 is 1.21 bits per heavy atom. The lowest BCUT2D eigenvalue weighted by atomic mass is 10.0. The third kappa shape index (κ3) is 4.62. The summed E-state index contributed by atoms with van der Waals surface area (Å²) in [5, 5.41) is 36.3. The minimum Gasteiger partial charge on any atom is -0.394 e. The van der Waals surface area contributed by atoms with Crippen molar-refractivity contribution >= 4 is 33.1 Å². The molecule has 0 amide bonds. The number of aromatic nitrogens is 2. The van der Waals surface area contributed by atoms with Gasteiger partial charge in [0.1, 0.15) is 22.6 Å². The number of nitrogens with zero attached hydrogens (tertiary/aromatic N) is 4. The van der Waals surface area contributed by atoms with E-state index in [1.165, 1.54) is 34.7 Å². The number of morpholine rings is 1. The number of aliphatic hydroxyl groups is 2. The molecule has 2 aliphatic rings. The van der Waals surface area contributed by atoms with E-state index in [1.807, 2.05) is 0 Å². The number of aryl methyl sites for hydroxylation is 2. The first-order valence-electron chi connectivity index (χ1n) is 11.4. The second-order valence-corrected chi connectivity index (χ2v) is 9.72. The van der Waals surface area contributed by atoms with Crippen molar-refractivity contribution < 1.29 is 19.9 Å². The number of hydrogen-bond donors (Lipinski definition) is 3. The van der Waals surface area contributed by atoms with E-state index in [1.54, 1.807) is 11.3 Å². The molecule has 1 aliphatic heterocycles. The van der Waals surface area contributed by atoms with Gasteiger partial charge in [-0.2, -0.15) is 0 Å². The molecule has 1 aliphatic carbocycles. The Labute approximate surface area is 200 Å². The monoisotopic (exact) mass is 485 g/mol. The fourth-order valence-corrected chi connectivity index (χ4v) is 5.88. The van der Waals surface area contributed by atoms with Crippen LogP contribution in [0, 0.1) is 10.1 Å². The summed E-state index contributed by atoms with van der Waals surface area (Å²) in [6, 6.07) is 4.97. The number of rotatable bonds is 8. The first-order chi connectivity index (χ1) is 16.5. The predicted molar refractivity (Wildman–Crippen MR) is 128 cm³/mol. The molecule has 0 radical (unpaired) electrons. The smallest absolute Gasteiger partial charge is 0.269 e. The number of thiophene rings is 1. The number of anilines is 1. The van der Waals surface area contributed by atoms with E-state index < -0.39 is 17.1 Å². The number of non-ortho nitro benzene ring substituents is 1. The second kappa shape index (κ2) is 9.88. The Hall–Kier alpha value is -2.70. The normalized spacial score (nSPS) is 18.1. The Bertz CT molecular complexity index is 1180. The largest absolute Gasteiger partial charge is 0.394 e. The predicted octanol–water partition coefficient (Wildman–Crippen LogP) is 2.43. The fraction of sp³-hybridized carbons (Fsp3) is 0.478. The van der Waals surface area contributed by atoms with Crippen LogP contribution in [-0.4, -0.2) is 69.0 Å². The number of nitro benzene ring substituents is 1. The maximum atomic E-state index is 11.0. The van der Waals surface area contributed by atoms with Gasteiger partial charge >= 0.3 is 0 Å². The van der Waals surface area contributed by atoms with E-state index in [-0.39, 0.29) is 12.3 Å². The summed E-state index contributed by atoms with van der Waals surface area (Å²) in [6.45, 7) is 3.29. The number of aliphatic hydroxyl groups excluding tert-OH is 2. The minimum absolute atomic E-state index is 0.0523. The third-order valence-corrected chi connectivity index (χ3v) is 7.61. The molecule has 1 saturated heterocycles. The van der Waals surface area contributed by atoms with Crippen LogP contribution in [0.2, 0.25) is 0 Å². The molecule has 180 valence electrons. The Morgan fingerprint density at radius 2 is 1.97 bits per heavy atom. The third-order valence-electron chi connectivity index (χ3n) is 6.43. The van der Waals surface area contributed by atoms with Gasteiger partial charge in [-0.3, -0.25) is 15.0 Å². The molecule has 0 spiro atoms. The molecule has 0 saturated carbocycles. The summed E-state index contributed by atoms with van der Waals surface area (Å²) in [7, 11) is 0. The van der Waals surface area contributed by atoms with Gasteiger partial charge in [0, 0.05) is 30.1 Å². The van der Waals surface area contributed by atoms with Gasteiger partial charge in [-0.25, -0.2) is 9.97 Å². The molecule has 2 atom stereocenters. The molecule has 0 unspecified atom stereocenters. The fourth-order valence-electron chi connectivity index (χ4n) is 4.60. The summed E-state index contributed by atoms with van der Waals surface area (Å²) in [4.78, 5) is 24.7. The van der Waals surface area contributed by atoms with Crippen molar-refractivity contribution in [1.82, 2.24) is 14.9 Å². The van der Waals surface area contributed by atoms with E-state index in [4.69, 9.17) is 14.7 Å². The van der Waals surface area contributed by atoms with Crippen molar-refractivity contribution in [3.8, 4) is 0 Å². The van der Waals surface area contributed by atoms with Crippen molar-refractivity contribution in [2.45, 2.75) is 38.0 Å². The van der Waals surface area contributed by atoms with Crippen LogP contribution in [0.25, 0.3) is 10.2 Å². The van der Waals surface area contributed by atoms with Gasteiger partial charge in [0.2, 0.25) is 0 Å². The van der Waals surface area contributed by atoms with Crippen LogP contribution >= 0.6 is 11.3 Å². The average molecular weight is 486 g/mol. The molecule has 3 N–H and O–H groups in total. The summed E-state index contributed by atoms with van der Waals surface area (Å²) in [5.74, 6) is 1.31. The number of ether oxygens (including phenoxy) is 1. The average Bonchev–Trinajstić information content (AvgIpc) is 3.44. The molecule has 34 heavy (non-hydrogen) atoms. The maximum Gasteiger partial charge on any atom is 0.269 e. The Morgan fingerprint density at radius 3 is 2.68 bits per heavy atom. The second-order valence-electron chi connectivity index (χ2n) is 8.64. The number of nitrogens with one attached hydrogen (secondary N) is 1. The highest BCUT2D eigenvalue weighted by molar-refractivity contribution is 7.19. The molecule has 1 aromatic carbocycles. The molecule has 0 bridgehead atoms. The van der Waals surface area contributed by atoms with Gasteiger partial charge in [0.25, 0.3) is 5.69 Å². The molecular weight excluding hydrogens is 458 g/mol. The molecular formula is C23H27N5O5S. The van der Waals surface area contributed by atoms with Crippen LogP contribution in [0.1, 0.15) is 34.4 Å². The topological polar surface area (TPSA) is 134 Å². The molecule has 3 heterocycles. The van der Waals surface area contributed by atoms with Crippen LogP contribution in [0.3, 0.4) is 0 Å². The van der Waals surface area contributed by atoms with Crippen LogP contribution in [-0.2, 0) is 24.1 Å². The zero-order chi connectivity index (χ0) is 23.7. The highest BCUT2D eigenvalue weighted by Crippen LogP contribution is 2.40. The lowest BCUT2D eigenvalue weighted by Crippen LogP contribution is -2.36. The van der Waals surface area contributed by atoms with Gasteiger partial charge in [-0.1, -0.05) is 0 Å². The van der Waals surface area contributed by atoms with Gasteiger partial charge in [0.05, 0.1) is 42.7 Å². The van der Waals surface area contributed by atoms with Crippen molar-refractivity contribution in [2.24, 2.45) is 0 Å². The number of nitro groups is 1. The van der Waals surface area contributed by atoms with Crippen molar-refractivity contribution in [2.75, 3.05) is 38.2 Å². The minimum atomic E-state index is -1.08. The molecule has 5 rings (SSSR count). The van der Waals surface area contributed by atoms with E-state index in [0.29, 0.717) is 37.0 Å². The lowest BCUT2D eigenvalue weighted by Gasteiger charge is -2.26. The molecule has 10 nitrogen and oxygen atoms in total. The van der Waals surface area contributed by atoms with Crippen LogP contribution in [0.4, 0.5) is 11.5 Å². The quantitative estimate of drug-likeness (QED) is 0.325. The zero-order valence-corrected chi connectivity index (χ0v) is 19.5. The molecule has 11 heteroatoms. The van der Waals surface area contributed by atoms with Crippen LogP contribution < -0.4 is 5.32 Å². The number of fused-ring (bicyclic) bond motifs is 3. The molecule has 2 aromatic heterocycles. The van der Waals surface area contributed by atoms with Gasteiger partial charge in [-0.15, -0.1) is 11.3 Å². The van der Waals surface area contributed by atoms with Gasteiger partial charge in [-0.05, 0) is 42.5 Å². The molecule has 1 fully saturated rings. The highest BCUT2D eigenvalue weighted by Gasteiger charge is 2.27. The van der Waals surface area contributed by atoms with Crippen LogP contribution in [0.15, 0.2) is 24.3 Å². The summed E-state index contributed by atoms with van der Waals surface area (Å²) in [6.07, 6.45) is 2.01. The maximum absolute atomic E-state index is 11.0. The van der Waals surface area contributed by atoms with E-state index >= 15 is 0 Å². The van der Waals surface area contributed by atoms with E-state index in [9.17, 15) is 20.3 Å². The van der Waals surface area contributed by atoms with Gasteiger partial charge in [0.15, 0.2) is 0 Å². The van der Waals surface area contributed by atoms with Gasteiger partial charge < -0.3 is 20.3 Å². The zero-order valence-electron chi connectivity index (χ0n) is 18.6. The van der Waals surface area contributed by atoms with Crippen molar-refractivity contribution in [1.29, 1.82) is 0 Å². The molecule has 3 aromatic rings. The number of hydrogen-bond acceptors (Lipinski definition) is 10. The summed E-state index contributed by atoms with van der Waals surface area (Å²) in [5.41, 5.74) is 1.68. The summed E-state index contributed by atoms with van der Waals surface area (Å²) < 4.78 is 5.44. The van der Waals surface area contributed by atoms with Crippen molar-refractivity contribution in [3.05, 3.63) is 56.2 Å². The van der Waals surface area contributed by atoms with Crippen LogP contribution in [0.5, 0.6) is 0 Å². The van der Waals surface area contributed by atoms with Crippen molar-refractivity contribution in [3.63, 3.8) is 0 Å². The Balaban J connectivity index is 1.45. The lowest BCUT2D eigenvalue weighted by molar-refractivity contribution is -0.384. The first-order valence-corrected chi connectivity index (χ1v) is 12.3. The highest BCUT2D eigenvalue weighted by atomic mass is 32.1.